The van der Waals surface area contributed by atoms with Gasteiger partial charge in [0.2, 0.25) is 5.76 Å². The van der Waals surface area contributed by atoms with Crippen molar-refractivity contribution in [1.29, 1.82) is 5.26 Å². The minimum absolute atomic E-state index is 0.338. The van der Waals surface area contributed by atoms with Gasteiger partial charge in [0.15, 0.2) is 0 Å². The number of ether oxygens (including phenoxy) is 2. The Morgan fingerprint density at radius 1 is 1.29 bits per heavy atom. The van der Waals surface area contributed by atoms with Crippen LogP contribution in [0.25, 0.3) is 0 Å². The van der Waals surface area contributed by atoms with Crippen molar-refractivity contribution in [3.63, 3.8) is 0 Å². The molecular weight excluding hydrogens is 304 g/mol. The van der Waals surface area contributed by atoms with Gasteiger partial charge in [-0.15, -0.1) is 0 Å². The summed E-state index contributed by atoms with van der Waals surface area (Å²) in [5, 5.41) is 12.1. The average molecular weight is 326 g/mol. The maximum atomic E-state index is 8.78. The van der Waals surface area contributed by atoms with E-state index in [2.05, 4.69) is 30.4 Å². The molecule has 2 heterocycles. The summed E-state index contributed by atoms with van der Waals surface area (Å²) in [5.74, 6) is 2.50. The molecule has 0 unspecified atom stereocenters. The molecule has 1 aliphatic heterocycles. The first-order chi connectivity index (χ1) is 11.7. The molecule has 1 aromatic heterocycles. The van der Waals surface area contributed by atoms with Crippen molar-refractivity contribution in [2.24, 2.45) is 5.92 Å². The fourth-order valence-corrected chi connectivity index (χ4v) is 2.72. The van der Waals surface area contributed by atoms with Gasteiger partial charge in [-0.1, -0.05) is 12.1 Å². The summed E-state index contributed by atoms with van der Waals surface area (Å²) in [6, 6.07) is 11.7. The van der Waals surface area contributed by atoms with Gasteiger partial charge in [-0.3, -0.25) is 0 Å². The minimum atomic E-state index is 0.338. The highest BCUT2D eigenvalue weighted by molar-refractivity contribution is 5.37. The summed E-state index contributed by atoms with van der Waals surface area (Å²) in [7, 11) is 0. The largest absolute Gasteiger partial charge is 0.493 e. The molecular formula is C19H22N2O3. The van der Waals surface area contributed by atoms with E-state index in [9.17, 15) is 0 Å². The van der Waals surface area contributed by atoms with Crippen molar-refractivity contribution >= 4 is 0 Å². The molecule has 1 aliphatic rings. The van der Waals surface area contributed by atoms with Crippen LogP contribution in [0.3, 0.4) is 0 Å². The van der Waals surface area contributed by atoms with Crippen LogP contribution in [0.15, 0.2) is 34.7 Å². The van der Waals surface area contributed by atoms with E-state index in [0.29, 0.717) is 31.4 Å². The molecule has 0 saturated carbocycles. The monoisotopic (exact) mass is 326 g/mol. The lowest BCUT2D eigenvalue weighted by molar-refractivity contribution is 0.166. The Hall–Kier alpha value is -2.29. The molecule has 5 nitrogen and oxygen atoms in total. The summed E-state index contributed by atoms with van der Waals surface area (Å²) in [5.41, 5.74) is 2.30. The maximum Gasteiger partial charge on any atom is 0.203 e. The number of hydrogen-bond donors (Lipinski definition) is 1. The number of furan rings is 1. The van der Waals surface area contributed by atoms with E-state index in [-0.39, 0.29) is 0 Å². The summed E-state index contributed by atoms with van der Waals surface area (Å²) in [4.78, 5) is 0. The van der Waals surface area contributed by atoms with Crippen LogP contribution in [0.5, 0.6) is 5.75 Å². The first kappa shape index (κ1) is 16.6. The third-order valence-electron chi connectivity index (χ3n) is 4.11. The van der Waals surface area contributed by atoms with Gasteiger partial charge in [-0.2, -0.15) is 5.26 Å². The predicted molar refractivity (Wildman–Crippen MR) is 89.6 cm³/mol. The molecule has 1 aromatic carbocycles. The molecule has 0 radical (unpaired) electrons. The molecule has 1 atom stereocenters. The molecule has 0 bridgehead atoms. The van der Waals surface area contributed by atoms with Gasteiger partial charge in [-0.05, 0) is 37.1 Å². The standard InChI is InChI=1S/C19H22N2O3/c1-14-2-3-16(10-21-11-18-5-4-17(9-20)24-18)19(8-14)23-13-15-6-7-22-12-15/h2-5,8,15,21H,6-7,10-13H2,1H3/t15-/m1/s1. The van der Waals surface area contributed by atoms with Crippen molar-refractivity contribution < 1.29 is 13.9 Å². The lowest BCUT2D eigenvalue weighted by atomic mass is 10.1. The van der Waals surface area contributed by atoms with Crippen molar-refractivity contribution in [3.8, 4) is 11.8 Å². The maximum absolute atomic E-state index is 8.78. The second-order valence-corrected chi connectivity index (χ2v) is 6.13. The van der Waals surface area contributed by atoms with Gasteiger partial charge in [0.25, 0.3) is 0 Å². The van der Waals surface area contributed by atoms with E-state index in [4.69, 9.17) is 19.2 Å². The molecule has 126 valence electrons. The van der Waals surface area contributed by atoms with Gasteiger partial charge >= 0.3 is 0 Å². The molecule has 24 heavy (non-hydrogen) atoms. The van der Waals surface area contributed by atoms with E-state index in [1.54, 1.807) is 6.07 Å². The highest BCUT2D eigenvalue weighted by Crippen LogP contribution is 2.23. The van der Waals surface area contributed by atoms with Crippen molar-refractivity contribution in [2.75, 3.05) is 19.8 Å². The first-order valence-corrected chi connectivity index (χ1v) is 8.24. The number of nitriles is 1. The minimum Gasteiger partial charge on any atom is -0.493 e. The van der Waals surface area contributed by atoms with Gasteiger partial charge in [0.05, 0.1) is 19.8 Å². The molecule has 5 heteroatoms. The Labute approximate surface area is 142 Å². The van der Waals surface area contributed by atoms with Gasteiger partial charge in [-0.25, -0.2) is 0 Å². The summed E-state index contributed by atoms with van der Waals surface area (Å²) in [6.07, 6.45) is 1.07. The third-order valence-corrected chi connectivity index (χ3v) is 4.11. The van der Waals surface area contributed by atoms with Gasteiger partial charge in [0, 0.05) is 24.6 Å². The SMILES string of the molecule is Cc1ccc(CNCc2ccc(C#N)o2)c(OC[C@@H]2CCOC2)c1. The first-order valence-electron chi connectivity index (χ1n) is 8.24. The van der Waals surface area contributed by atoms with Crippen LogP contribution in [-0.4, -0.2) is 19.8 Å². The zero-order valence-corrected chi connectivity index (χ0v) is 13.9. The molecule has 2 aromatic rings. The second-order valence-electron chi connectivity index (χ2n) is 6.13. The fraction of sp³-hybridized carbons (Fsp3) is 0.421. The number of aryl methyl sites for hydroxylation is 1. The summed E-state index contributed by atoms with van der Waals surface area (Å²) >= 11 is 0. The molecule has 0 aliphatic carbocycles. The van der Waals surface area contributed by atoms with Crippen LogP contribution in [0, 0.1) is 24.2 Å². The van der Waals surface area contributed by atoms with Gasteiger partial charge in [0.1, 0.15) is 17.6 Å². The fourth-order valence-electron chi connectivity index (χ4n) is 2.72. The van der Waals surface area contributed by atoms with Crippen molar-refractivity contribution in [1.82, 2.24) is 5.32 Å². The van der Waals surface area contributed by atoms with Crippen LogP contribution < -0.4 is 10.1 Å². The van der Waals surface area contributed by atoms with E-state index >= 15 is 0 Å². The number of benzene rings is 1. The average Bonchev–Trinajstić information content (AvgIpc) is 3.26. The Morgan fingerprint density at radius 3 is 2.96 bits per heavy atom. The molecule has 3 rings (SSSR count). The molecule has 1 N–H and O–H groups in total. The van der Waals surface area contributed by atoms with Crippen molar-refractivity contribution in [3.05, 3.63) is 53.0 Å². The van der Waals surface area contributed by atoms with Crippen LogP contribution in [0.2, 0.25) is 0 Å². The Balaban J connectivity index is 1.56. The summed E-state index contributed by atoms with van der Waals surface area (Å²) in [6.45, 7) is 5.64. The number of nitrogens with one attached hydrogen (secondary N) is 1. The number of rotatable bonds is 7. The topological polar surface area (TPSA) is 67.4 Å². The lowest BCUT2D eigenvalue weighted by Crippen LogP contribution is -2.16. The predicted octanol–water partition coefficient (Wildman–Crippen LogP) is 3.16. The van der Waals surface area contributed by atoms with Gasteiger partial charge < -0.3 is 19.2 Å². The molecule has 0 amide bonds. The van der Waals surface area contributed by atoms with E-state index in [0.717, 1.165) is 36.7 Å². The van der Waals surface area contributed by atoms with E-state index in [1.807, 2.05) is 12.1 Å². The van der Waals surface area contributed by atoms with Crippen LogP contribution in [0.1, 0.15) is 29.1 Å². The summed E-state index contributed by atoms with van der Waals surface area (Å²) < 4.78 is 16.8. The highest BCUT2D eigenvalue weighted by Gasteiger charge is 2.17. The molecule has 1 fully saturated rings. The van der Waals surface area contributed by atoms with E-state index in [1.165, 1.54) is 5.56 Å². The zero-order valence-electron chi connectivity index (χ0n) is 13.9. The smallest absolute Gasteiger partial charge is 0.203 e. The zero-order chi connectivity index (χ0) is 16.8. The number of nitrogens with zero attached hydrogens (tertiary/aromatic N) is 1. The second kappa shape index (κ2) is 8.00. The number of hydrogen-bond acceptors (Lipinski definition) is 5. The lowest BCUT2D eigenvalue weighted by Gasteiger charge is -2.15. The van der Waals surface area contributed by atoms with Crippen LogP contribution in [0.4, 0.5) is 0 Å². The Kier molecular flexibility index (Phi) is 5.52. The van der Waals surface area contributed by atoms with E-state index < -0.39 is 0 Å². The normalized spacial score (nSPS) is 16.9. The third kappa shape index (κ3) is 4.38. The highest BCUT2D eigenvalue weighted by atomic mass is 16.5. The molecule has 1 saturated heterocycles. The quantitative estimate of drug-likeness (QED) is 0.846. The Bertz CT molecular complexity index is 712. The molecule has 0 spiro atoms. The van der Waals surface area contributed by atoms with Crippen LogP contribution in [-0.2, 0) is 17.8 Å². The Morgan fingerprint density at radius 2 is 2.21 bits per heavy atom. The van der Waals surface area contributed by atoms with Crippen LogP contribution >= 0.6 is 0 Å². The van der Waals surface area contributed by atoms with Crippen molar-refractivity contribution in [2.45, 2.75) is 26.4 Å².